The van der Waals surface area contributed by atoms with Gasteiger partial charge in [0.2, 0.25) is 0 Å². The van der Waals surface area contributed by atoms with Crippen LogP contribution in [0, 0.1) is 10.8 Å². The second kappa shape index (κ2) is 8.14. The molecule has 0 radical (unpaired) electrons. The van der Waals surface area contributed by atoms with Crippen LogP contribution in [-0.4, -0.2) is 61.3 Å². The van der Waals surface area contributed by atoms with Crippen LogP contribution in [0.15, 0.2) is 18.2 Å². The molecule has 3 heterocycles. The molecule has 1 amide bonds. The van der Waals surface area contributed by atoms with Crippen LogP contribution >= 0.6 is 0 Å². The lowest BCUT2D eigenvalue weighted by molar-refractivity contribution is -0.168. The zero-order valence-corrected chi connectivity index (χ0v) is 21.1. The lowest BCUT2D eigenvalue weighted by atomic mass is 9.66. The Kier molecular flexibility index (Phi) is 5.62. The molecule has 7 heteroatoms. The number of nitrogens with one attached hydrogen (secondary N) is 1. The largest absolute Gasteiger partial charge is 0.493 e. The Morgan fingerprint density at radius 1 is 1.09 bits per heavy atom. The SMILES string of the molecule is COc1ccc(CCN2C3CCC2CC(NC(=O)C24CC[C@@](C)(C(=O)O2)C4(C)C)C3)cc1OC. The molecule has 1 aromatic rings. The zero-order chi connectivity index (χ0) is 24.3. The van der Waals surface area contributed by atoms with E-state index in [0.717, 1.165) is 37.3 Å². The second-order valence-electron chi connectivity index (χ2n) is 11.4. The molecule has 3 saturated heterocycles. The molecule has 3 aliphatic heterocycles. The van der Waals surface area contributed by atoms with E-state index in [1.165, 1.54) is 18.4 Å². The summed E-state index contributed by atoms with van der Waals surface area (Å²) in [5.41, 5.74) is -0.860. The average molecular weight is 471 g/mol. The molecule has 1 saturated carbocycles. The van der Waals surface area contributed by atoms with Crippen molar-refractivity contribution in [3.8, 4) is 11.5 Å². The summed E-state index contributed by atoms with van der Waals surface area (Å²) in [4.78, 5) is 28.7. The van der Waals surface area contributed by atoms with Crippen molar-refractivity contribution >= 4 is 11.9 Å². The molecule has 1 aromatic carbocycles. The van der Waals surface area contributed by atoms with Gasteiger partial charge in [-0.1, -0.05) is 19.9 Å². The van der Waals surface area contributed by atoms with Crippen LogP contribution in [0.5, 0.6) is 11.5 Å². The Morgan fingerprint density at radius 2 is 1.76 bits per heavy atom. The average Bonchev–Trinajstić information content (AvgIpc) is 3.24. The Bertz CT molecular complexity index is 979. The third-order valence-electron chi connectivity index (χ3n) is 9.78. The van der Waals surface area contributed by atoms with E-state index in [0.29, 0.717) is 24.9 Å². The number of carbonyl (C=O) groups is 2. The van der Waals surface area contributed by atoms with E-state index in [9.17, 15) is 9.59 Å². The number of amides is 1. The van der Waals surface area contributed by atoms with Gasteiger partial charge < -0.3 is 19.5 Å². The van der Waals surface area contributed by atoms with Gasteiger partial charge in [0.05, 0.1) is 19.6 Å². The summed E-state index contributed by atoms with van der Waals surface area (Å²) in [6, 6.07) is 7.24. The van der Waals surface area contributed by atoms with Gasteiger partial charge in [-0.25, -0.2) is 0 Å². The van der Waals surface area contributed by atoms with E-state index in [1.807, 2.05) is 26.8 Å². The number of rotatable bonds is 7. The number of hydrogen-bond acceptors (Lipinski definition) is 6. The number of ether oxygens (including phenoxy) is 3. The second-order valence-corrected chi connectivity index (χ2v) is 11.4. The quantitative estimate of drug-likeness (QED) is 0.615. The van der Waals surface area contributed by atoms with Gasteiger partial charge in [0, 0.05) is 30.1 Å². The van der Waals surface area contributed by atoms with Crippen LogP contribution < -0.4 is 14.8 Å². The monoisotopic (exact) mass is 470 g/mol. The van der Waals surface area contributed by atoms with Crippen LogP contribution in [0.4, 0.5) is 0 Å². The fourth-order valence-electron chi connectivity index (χ4n) is 7.10. The Morgan fingerprint density at radius 3 is 2.32 bits per heavy atom. The lowest BCUT2D eigenvalue weighted by Crippen LogP contribution is -2.58. The number of nitrogens with zero attached hydrogens (tertiary/aromatic N) is 1. The summed E-state index contributed by atoms with van der Waals surface area (Å²) >= 11 is 0. The predicted octanol–water partition coefficient (Wildman–Crippen LogP) is 3.48. The first-order valence-corrected chi connectivity index (χ1v) is 12.7. The smallest absolute Gasteiger partial charge is 0.313 e. The number of piperidine rings is 1. The number of hydrogen-bond donors (Lipinski definition) is 1. The predicted molar refractivity (Wildman–Crippen MR) is 128 cm³/mol. The van der Waals surface area contributed by atoms with Crippen LogP contribution in [0.1, 0.15) is 64.9 Å². The third kappa shape index (κ3) is 3.26. The maximum Gasteiger partial charge on any atom is 0.313 e. The molecule has 7 nitrogen and oxygen atoms in total. The van der Waals surface area contributed by atoms with E-state index in [1.54, 1.807) is 14.2 Å². The van der Waals surface area contributed by atoms with Crippen molar-refractivity contribution in [2.45, 2.75) is 89.4 Å². The highest BCUT2D eigenvalue weighted by Gasteiger charge is 2.75. The normalized spacial score (nSPS) is 35.8. The van der Waals surface area contributed by atoms with Crippen molar-refractivity contribution in [3.63, 3.8) is 0 Å². The van der Waals surface area contributed by atoms with Crippen molar-refractivity contribution < 1.29 is 23.8 Å². The third-order valence-corrected chi connectivity index (χ3v) is 9.78. The molecular weight excluding hydrogens is 432 g/mol. The van der Waals surface area contributed by atoms with E-state index < -0.39 is 16.4 Å². The number of carbonyl (C=O) groups excluding carboxylic acids is 2. The van der Waals surface area contributed by atoms with Crippen LogP contribution in [0.25, 0.3) is 0 Å². The minimum absolute atomic E-state index is 0.0877. The molecule has 4 bridgehead atoms. The molecule has 0 aromatic heterocycles. The summed E-state index contributed by atoms with van der Waals surface area (Å²) in [7, 11) is 3.32. The maximum absolute atomic E-state index is 13.5. The lowest BCUT2D eigenvalue weighted by Gasteiger charge is -2.41. The molecule has 4 atom stereocenters. The van der Waals surface area contributed by atoms with Gasteiger partial charge in [-0.05, 0) is 69.6 Å². The van der Waals surface area contributed by atoms with E-state index in [4.69, 9.17) is 14.2 Å². The van der Waals surface area contributed by atoms with Crippen LogP contribution in [-0.2, 0) is 20.7 Å². The number of fused-ring (bicyclic) bond motifs is 4. The highest BCUT2D eigenvalue weighted by molar-refractivity contribution is 5.96. The minimum atomic E-state index is -1.03. The summed E-state index contributed by atoms with van der Waals surface area (Å²) in [5.74, 6) is 1.21. The summed E-state index contributed by atoms with van der Waals surface area (Å²) in [6.07, 6.45) is 6.54. The highest BCUT2D eigenvalue weighted by atomic mass is 16.6. The minimum Gasteiger partial charge on any atom is -0.493 e. The van der Waals surface area contributed by atoms with Gasteiger partial charge in [0.15, 0.2) is 17.1 Å². The summed E-state index contributed by atoms with van der Waals surface area (Å²) < 4.78 is 16.6. The standard InChI is InChI=1S/C27H38N2O5/c1-25(2)26(3)11-12-27(25,34-24(26)31)23(30)28-18-15-19-7-8-20(16-18)29(19)13-10-17-6-9-21(32-4)22(14-17)33-5/h6,9,14,18-20H,7-8,10-13,15-16H2,1-5H3,(H,28,30)/t18?,19?,20?,26-,27?/m0/s1. The molecule has 5 rings (SSSR count). The van der Waals surface area contributed by atoms with Crippen molar-refractivity contribution in [1.82, 2.24) is 10.2 Å². The van der Waals surface area contributed by atoms with Gasteiger partial charge in [-0.3, -0.25) is 14.5 Å². The molecule has 186 valence electrons. The van der Waals surface area contributed by atoms with Gasteiger partial charge in [0.1, 0.15) is 0 Å². The molecule has 34 heavy (non-hydrogen) atoms. The molecule has 0 spiro atoms. The first-order chi connectivity index (χ1) is 16.1. The van der Waals surface area contributed by atoms with Crippen molar-refractivity contribution in [1.29, 1.82) is 0 Å². The van der Waals surface area contributed by atoms with Crippen LogP contribution in [0.3, 0.4) is 0 Å². The fourth-order valence-corrected chi connectivity index (χ4v) is 7.10. The van der Waals surface area contributed by atoms with E-state index in [-0.39, 0.29) is 17.9 Å². The highest BCUT2D eigenvalue weighted by Crippen LogP contribution is 2.65. The Hall–Kier alpha value is -2.28. The topological polar surface area (TPSA) is 77.1 Å². The molecule has 1 aliphatic carbocycles. The number of methoxy groups -OCH3 is 2. The number of esters is 1. The molecular formula is C27H38N2O5. The summed E-state index contributed by atoms with van der Waals surface area (Å²) in [6.45, 7) is 6.99. The Balaban J connectivity index is 1.21. The molecule has 1 N–H and O–H groups in total. The van der Waals surface area contributed by atoms with Gasteiger partial charge in [-0.15, -0.1) is 0 Å². The zero-order valence-electron chi connectivity index (χ0n) is 21.1. The van der Waals surface area contributed by atoms with Crippen molar-refractivity contribution in [3.05, 3.63) is 23.8 Å². The first-order valence-electron chi connectivity index (χ1n) is 12.7. The summed E-state index contributed by atoms with van der Waals surface area (Å²) in [5, 5.41) is 3.32. The number of benzene rings is 1. The van der Waals surface area contributed by atoms with E-state index in [2.05, 4.69) is 22.3 Å². The Labute approximate surface area is 202 Å². The molecule has 3 unspecified atom stereocenters. The van der Waals surface area contributed by atoms with Gasteiger partial charge in [-0.2, -0.15) is 0 Å². The maximum atomic E-state index is 13.5. The van der Waals surface area contributed by atoms with Crippen LogP contribution in [0.2, 0.25) is 0 Å². The van der Waals surface area contributed by atoms with Gasteiger partial charge >= 0.3 is 5.97 Å². The first kappa shape index (κ1) is 23.5. The molecule has 4 fully saturated rings. The van der Waals surface area contributed by atoms with Crippen molar-refractivity contribution in [2.75, 3.05) is 20.8 Å². The van der Waals surface area contributed by atoms with Gasteiger partial charge in [0.25, 0.3) is 5.91 Å². The fraction of sp³-hybridized carbons (Fsp3) is 0.704. The van der Waals surface area contributed by atoms with E-state index >= 15 is 0 Å². The van der Waals surface area contributed by atoms with Crippen molar-refractivity contribution in [2.24, 2.45) is 10.8 Å². The molecule has 4 aliphatic rings.